The monoisotopic (exact) mass is 196 g/mol. The van der Waals surface area contributed by atoms with Crippen LogP contribution in [0.25, 0.3) is 0 Å². The van der Waals surface area contributed by atoms with E-state index in [9.17, 15) is 4.79 Å². The first-order valence-corrected chi connectivity index (χ1v) is 5.26. The van der Waals surface area contributed by atoms with Gasteiger partial charge in [-0.05, 0) is 30.9 Å². The first kappa shape index (κ1) is 10.5. The van der Waals surface area contributed by atoms with Gasteiger partial charge in [0.05, 0.1) is 4.88 Å². The molecule has 1 nitrogen and oxygen atoms in total. The van der Waals surface area contributed by atoms with Crippen LogP contribution in [-0.2, 0) is 5.41 Å². The van der Waals surface area contributed by atoms with Gasteiger partial charge in [0.25, 0.3) is 0 Å². The first-order valence-electron chi connectivity index (χ1n) is 4.44. The summed E-state index contributed by atoms with van der Waals surface area (Å²) in [6.07, 6.45) is 0. The molecule has 72 valence electrons. The van der Waals surface area contributed by atoms with Crippen molar-refractivity contribution >= 4 is 17.1 Å². The standard InChI is InChI=1S/C11H16OS/c1-7-6-9(11(3,4)5)13-10(7)8(2)12/h6H,1-5H3. The van der Waals surface area contributed by atoms with Gasteiger partial charge < -0.3 is 0 Å². The topological polar surface area (TPSA) is 17.1 Å². The fourth-order valence-corrected chi connectivity index (χ4v) is 2.33. The molecule has 0 radical (unpaired) electrons. The van der Waals surface area contributed by atoms with Crippen LogP contribution in [0.15, 0.2) is 6.07 Å². The van der Waals surface area contributed by atoms with Gasteiger partial charge in [0.2, 0.25) is 0 Å². The van der Waals surface area contributed by atoms with Gasteiger partial charge in [0.15, 0.2) is 5.78 Å². The molecule has 1 aromatic heterocycles. The largest absolute Gasteiger partial charge is 0.294 e. The van der Waals surface area contributed by atoms with Crippen molar-refractivity contribution in [2.75, 3.05) is 0 Å². The van der Waals surface area contributed by atoms with E-state index >= 15 is 0 Å². The van der Waals surface area contributed by atoms with Crippen LogP contribution in [0.2, 0.25) is 0 Å². The minimum atomic E-state index is 0.156. The number of hydrogen-bond donors (Lipinski definition) is 0. The van der Waals surface area contributed by atoms with Gasteiger partial charge in [-0.2, -0.15) is 0 Å². The number of hydrogen-bond acceptors (Lipinski definition) is 2. The second-order valence-electron chi connectivity index (χ2n) is 4.43. The molecule has 1 heterocycles. The highest BCUT2D eigenvalue weighted by molar-refractivity contribution is 7.14. The molecule has 0 fully saturated rings. The van der Waals surface area contributed by atoms with Crippen LogP contribution in [0.4, 0.5) is 0 Å². The Morgan fingerprint density at radius 2 is 1.92 bits per heavy atom. The van der Waals surface area contributed by atoms with E-state index in [1.165, 1.54) is 4.88 Å². The van der Waals surface area contributed by atoms with Crippen LogP contribution < -0.4 is 0 Å². The molecule has 0 aromatic carbocycles. The predicted molar refractivity (Wildman–Crippen MR) is 57.8 cm³/mol. The number of ketones is 1. The van der Waals surface area contributed by atoms with Crippen molar-refractivity contribution in [2.45, 2.75) is 40.0 Å². The third kappa shape index (κ3) is 2.19. The second-order valence-corrected chi connectivity index (χ2v) is 5.48. The molecule has 2 heteroatoms. The lowest BCUT2D eigenvalue weighted by molar-refractivity contribution is 0.102. The van der Waals surface area contributed by atoms with Crippen molar-refractivity contribution in [1.29, 1.82) is 0 Å². The Bertz CT molecular complexity index is 328. The number of thiophene rings is 1. The van der Waals surface area contributed by atoms with Gasteiger partial charge in [0.1, 0.15) is 0 Å². The summed E-state index contributed by atoms with van der Waals surface area (Å²) in [4.78, 5) is 13.4. The average molecular weight is 196 g/mol. The molecule has 0 aliphatic heterocycles. The van der Waals surface area contributed by atoms with Crippen LogP contribution in [0.3, 0.4) is 0 Å². The van der Waals surface area contributed by atoms with Gasteiger partial charge in [-0.15, -0.1) is 11.3 Å². The van der Waals surface area contributed by atoms with E-state index in [0.717, 1.165) is 10.4 Å². The summed E-state index contributed by atoms with van der Waals surface area (Å²) in [7, 11) is 0. The maximum atomic E-state index is 11.2. The smallest absolute Gasteiger partial charge is 0.169 e. The zero-order valence-corrected chi connectivity index (χ0v) is 9.71. The van der Waals surface area contributed by atoms with Gasteiger partial charge >= 0.3 is 0 Å². The fraction of sp³-hybridized carbons (Fsp3) is 0.545. The van der Waals surface area contributed by atoms with E-state index in [2.05, 4.69) is 26.8 Å². The highest BCUT2D eigenvalue weighted by atomic mass is 32.1. The molecule has 0 spiro atoms. The molecule has 0 amide bonds. The molecule has 0 aliphatic rings. The normalized spacial score (nSPS) is 11.8. The van der Waals surface area contributed by atoms with Crippen LogP contribution in [-0.4, -0.2) is 5.78 Å². The van der Waals surface area contributed by atoms with Crippen LogP contribution in [0, 0.1) is 6.92 Å². The second kappa shape index (κ2) is 3.26. The summed E-state index contributed by atoms with van der Waals surface area (Å²) < 4.78 is 0. The maximum Gasteiger partial charge on any atom is 0.169 e. The molecule has 0 unspecified atom stereocenters. The van der Waals surface area contributed by atoms with Crippen LogP contribution in [0.1, 0.15) is 47.8 Å². The van der Waals surface area contributed by atoms with Gasteiger partial charge in [-0.3, -0.25) is 4.79 Å². The van der Waals surface area contributed by atoms with E-state index in [1.54, 1.807) is 18.3 Å². The number of carbonyl (C=O) groups is 1. The highest BCUT2D eigenvalue weighted by Crippen LogP contribution is 2.32. The summed E-state index contributed by atoms with van der Waals surface area (Å²) >= 11 is 1.62. The van der Waals surface area contributed by atoms with Crippen molar-refractivity contribution in [3.63, 3.8) is 0 Å². The Kier molecular flexibility index (Phi) is 2.62. The van der Waals surface area contributed by atoms with Crippen molar-refractivity contribution in [3.05, 3.63) is 21.4 Å². The molecular weight excluding hydrogens is 180 g/mol. The molecule has 1 rings (SSSR count). The van der Waals surface area contributed by atoms with E-state index in [-0.39, 0.29) is 11.2 Å². The van der Waals surface area contributed by atoms with Crippen molar-refractivity contribution in [2.24, 2.45) is 0 Å². The lowest BCUT2D eigenvalue weighted by Crippen LogP contribution is -2.07. The first-order chi connectivity index (χ1) is 5.82. The maximum absolute atomic E-state index is 11.2. The summed E-state index contributed by atoms with van der Waals surface area (Å²) in [6, 6.07) is 2.13. The van der Waals surface area contributed by atoms with E-state index in [0.29, 0.717) is 0 Å². The molecule has 0 saturated carbocycles. The molecular formula is C11H16OS. The lowest BCUT2D eigenvalue weighted by Gasteiger charge is -2.15. The van der Waals surface area contributed by atoms with Gasteiger partial charge in [-0.1, -0.05) is 20.8 Å². The SMILES string of the molecule is CC(=O)c1sc(C(C)(C)C)cc1C. The number of rotatable bonds is 1. The fourth-order valence-electron chi connectivity index (χ4n) is 1.20. The Balaban J connectivity index is 3.17. The van der Waals surface area contributed by atoms with Gasteiger partial charge in [-0.25, -0.2) is 0 Å². The number of aryl methyl sites for hydroxylation is 1. The summed E-state index contributed by atoms with van der Waals surface area (Å²) in [5.41, 5.74) is 1.27. The average Bonchev–Trinajstić information content (AvgIpc) is 2.29. The molecule has 13 heavy (non-hydrogen) atoms. The van der Waals surface area contributed by atoms with Gasteiger partial charge in [0, 0.05) is 4.88 Å². The van der Waals surface area contributed by atoms with Crippen molar-refractivity contribution < 1.29 is 4.79 Å². The Labute approximate surface area is 83.8 Å². The van der Waals surface area contributed by atoms with E-state index < -0.39 is 0 Å². The third-order valence-corrected chi connectivity index (χ3v) is 3.74. The summed E-state index contributed by atoms with van der Waals surface area (Å²) in [5.74, 6) is 0.179. The molecule has 1 aromatic rings. The zero-order chi connectivity index (χ0) is 10.2. The third-order valence-electron chi connectivity index (χ3n) is 1.98. The van der Waals surface area contributed by atoms with E-state index in [1.807, 2.05) is 6.92 Å². The molecule has 0 bridgehead atoms. The Hall–Kier alpha value is -0.630. The Morgan fingerprint density at radius 1 is 1.38 bits per heavy atom. The summed E-state index contributed by atoms with van der Waals surface area (Å²) in [5, 5.41) is 0. The molecule has 0 atom stereocenters. The minimum Gasteiger partial charge on any atom is -0.294 e. The molecule has 0 aliphatic carbocycles. The predicted octanol–water partition coefficient (Wildman–Crippen LogP) is 3.56. The van der Waals surface area contributed by atoms with Crippen LogP contribution in [0.5, 0.6) is 0 Å². The summed E-state index contributed by atoms with van der Waals surface area (Å²) in [6.45, 7) is 10.1. The minimum absolute atomic E-state index is 0.156. The zero-order valence-electron chi connectivity index (χ0n) is 8.89. The lowest BCUT2D eigenvalue weighted by atomic mass is 9.94. The Morgan fingerprint density at radius 3 is 2.15 bits per heavy atom. The van der Waals surface area contributed by atoms with E-state index in [4.69, 9.17) is 0 Å². The number of carbonyl (C=O) groups excluding carboxylic acids is 1. The molecule has 0 saturated heterocycles. The van der Waals surface area contributed by atoms with Crippen LogP contribution >= 0.6 is 11.3 Å². The number of Topliss-reactive ketones (excluding diaryl/α,β-unsaturated/α-hetero) is 1. The highest BCUT2D eigenvalue weighted by Gasteiger charge is 2.19. The van der Waals surface area contributed by atoms with Crippen molar-refractivity contribution in [3.8, 4) is 0 Å². The van der Waals surface area contributed by atoms with Crippen molar-refractivity contribution in [1.82, 2.24) is 0 Å². The molecule has 0 N–H and O–H groups in total. The quantitative estimate of drug-likeness (QED) is 0.628.